The summed E-state index contributed by atoms with van der Waals surface area (Å²) in [6, 6.07) is 2.82. The zero-order valence-electron chi connectivity index (χ0n) is 26.1. The van der Waals surface area contributed by atoms with Gasteiger partial charge in [0.05, 0.1) is 44.5 Å². The monoisotopic (exact) mass is 715 g/mol. The molecule has 2 N–H and O–H groups in total. The van der Waals surface area contributed by atoms with Crippen molar-refractivity contribution in [2.75, 3.05) is 46.6 Å². The molecular formula is C31H34ClF4N5O6S. The molecule has 11 nitrogen and oxygen atoms in total. The molecule has 17 heteroatoms. The predicted octanol–water partition coefficient (Wildman–Crippen LogP) is 4.18. The number of nitrogens with zero attached hydrogens (tertiary/aromatic N) is 3. The Hall–Kier alpha value is -3.60. The van der Waals surface area contributed by atoms with E-state index in [0.29, 0.717) is 22.1 Å². The average molecular weight is 716 g/mol. The van der Waals surface area contributed by atoms with Crippen LogP contribution in [0.15, 0.2) is 46.0 Å². The maximum absolute atomic E-state index is 14.0. The van der Waals surface area contributed by atoms with E-state index in [4.69, 9.17) is 30.8 Å². The lowest BCUT2D eigenvalue weighted by Crippen LogP contribution is -2.59. The third-order valence-corrected chi connectivity index (χ3v) is 9.44. The topological polar surface area (TPSA) is 131 Å². The molecule has 2 unspecified atom stereocenters. The van der Waals surface area contributed by atoms with Crippen LogP contribution in [-0.4, -0.2) is 91.8 Å². The van der Waals surface area contributed by atoms with Crippen molar-refractivity contribution in [3.63, 3.8) is 0 Å². The first-order valence-electron chi connectivity index (χ1n) is 15.2. The highest BCUT2D eigenvalue weighted by Crippen LogP contribution is 2.39. The van der Waals surface area contributed by atoms with E-state index in [1.807, 2.05) is 4.90 Å². The second kappa shape index (κ2) is 14.9. The highest BCUT2D eigenvalue weighted by atomic mass is 35.5. The Kier molecular flexibility index (Phi) is 11.1. The lowest BCUT2D eigenvalue weighted by Gasteiger charge is -2.46. The highest BCUT2D eigenvalue weighted by molar-refractivity contribution is 7.11. The van der Waals surface area contributed by atoms with Crippen LogP contribution in [-0.2, 0) is 28.6 Å². The molecule has 6 rings (SSSR count). The van der Waals surface area contributed by atoms with Gasteiger partial charge in [-0.1, -0.05) is 17.7 Å². The van der Waals surface area contributed by atoms with Gasteiger partial charge >= 0.3 is 24.0 Å². The third-order valence-electron chi connectivity index (χ3n) is 8.33. The molecule has 1 aromatic carbocycles. The summed E-state index contributed by atoms with van der Waals surface area (Å²) in [6.07, 6.45) is -3.95. The number of aromatic nitrogens is 1. The van der Waals surface area contributed by atoms with Crippen LogP contribution in [0.25, 0.3) is 0 Å². The lowest BCUT2D eigenvalue weighted by atomic mass is 9.75. The summed E-state index contributed by atoms with van der Waals surface area (Å²) in [4.78, 5) is 49.4. The van der Waals surface area contributed by atoms with Gasteiger partial charge in [0.2, 0.25) is 0 Å². The van der Waals surface area contributed by atoms with E-state index >= 15 is 0 Å². The van der Waals surface area contributed by atoms with Gasteiger partial charge in [-0.05, 0) is 43.7 Å². The van der Waals surface area contributed by atoms with E-state index in [1.165, 1.54) is 30.6 Å². The number of nitrogens with one attached hydrogen (secondary N) is 2. The molecule has 260 valence electrons. The Bertz CT molecular complexity index is 1570. The number of carbonyl (C=O) groups is 3. The molecule has 2 bridgehead atoms. The van der Waals surface area contributed by atoms with Crippen molar-refractivity contribution >= 4 is 46.6 Å². The molecule has 2 aromatic rings. The summed E-state index contributed by atoms with van der Waals surface area (Å²) < 4.78 is 70.6. The minimum atomic E-state index is -5.15. The van der Waals surface area contributed by atoms with Crippen molar-refractivity contribution in [1.82, 2.24) is 20.5 Å². The predicted molar refractivity (Wildman–Crippen MR) is 167 cm³/mol. The SMILES string of the molecule is CCOC(=O)CC1(NC(=O)C(F)(F)F)CC2COCC(CN(CC3=C(C(=O)OC)[C@H](c4ccc(F)cc4Cl)N=C(c4nccs4)N3)C2)C1. The number of thiazole rings is 1. The molecule has 0 spiro atoms. The zero-order valence-corrected chi connectivity index (χ0v) is 27.6. The van der Waals surface area contributed by atoms with Gasteiger partial charge in [0.1, 0.15) is 11.9 Å². The van der Waals surface area contributed by atoms with Gasteiger partial charge in [-0.15, -0.1) is 11.3 Å². The number of ether oxygens (including phenoxy) is 3. The van der Waals surface area contributed by atoms with E-state index in [1.54, 1.807) is 18.5 Å². The van der Waals surface area contributed by atoms with Gasteiger partial charge in [-0.3, -0.25) is 19.5 Å². The molecular weight excluding hydrogens is 682 g/mol. The second-order valence-electron chi connectivity index (χ2n) is 12.0. The van der Waals surface area contributed by atoms with E-state index in [-0.39, 0.29) is 62.9 Å². The number of hydrogen-bond donors (Lipinski definition) is 2. The van der Waals surface area contributed by atoms with Crippen LogP contribution in [0, 0.1) is 17.7 Å². The number of esters is 2. The number of aliphatic imine (C=N–C) groups is 1. The number of rotatable bonds is 9. The standard InChI is InChI=1S/C31H34ClF4N5O6S/c1-3-47-23(42)11-30(40-29(44)31(34,35)36)9-17-12-41(13-18(10-30)16-46-15-17)14-22-24(28(43)45-2)25(20-5-4-19(33)8-21(20)32)39-26(38-22)27-37-6-7-48-27/h4-8,17-18,25H,3,9-16H2,1-2H3,(H,38,39)(H,40,44)/t17?,18?,25-,30?/m0/s1. The summed E-state index contributed by atoms with van der Waals surface area (Å²) >= 11 is 7.78. The Morgan fingerprint density at radius 2 is 1.92 bits per heavy atom. The van der Waals surface area contributed by atoms with Gasteiger partial charge in [0.25, 0.3) is 0 Å². The molecule has 0 saturated carbocycles. The van der Waals surface area contributed by atoms with E-state index < -0.39 is 59.7 Å². The lowest BCUT2D eigenvalue weighted by molar-refractivity contribution is -0.177. The molecule has 4 aliphatic rings. The largest absolute Gasteiger partial charge is 0.471 e. The third kappa shape index (κ3) is 8.33. The highest BCUT2D eigenvalue weighted by Gasteiger charge is 2.48. The van der Waals surface area contributed by atoms with Gasteiger partial charge in [-0.2, -0.15) is 13.2 Å². The smallest absolute Gasteiger partial charge is 0.466 e. The number of amides is 1. The average Bonchev–Trinajstić information content (AvgIpc) is 3.53. The second-order valence-corrected chi connectivity index (χ2v) is 13.3. The summed E-state index contributed by atoms with van der Waals surface area (Å²) in [5.74, 6) is -4.58. The van der Waals surface area contributed by atoms with Crippen LogP contribution < -0.4 is 10.6 Å². The molecule has 1 amide bonds. The Morgan fingerprint density at radius 1 is 1.21 bits per heavy atom. The number of fused-ring (bicyclic) bond motifs is 6. The van der Waals surface area contributed by atoms with Crippen molar-refractivity contribution in [1.29, 1.82) is 0 Å². The first-order chi connectivity index (χ1) is 22.8. The van der Waals surface area contributed by atoms with Crippen LogP contribution in [0.1, 0.15) is 42.8 Å². The maximum atomic E-state index is 14.0. The van der Waals surface area contributed by atoms with Crippen molar-refractivity contribution in [3.8, 4) is 0 Å². The van der Waals surface area contributed by atoms with Crippen LogP contribution >= 0.6 is 22.9 Å². The van der Waals surface area contributed by atoms with Crippen molar-refractivity contribution < 1.29 is 46.2 Å². The maximum Gasteiger partial charge on any atom is 0.471 e. The van der Waals surface area contributed by atoms with Gasteiger partial charge in [0, 0.05) is 47.5 Å². The molecule has 5 heterocycles. The van der Waals surface area contributed by atoms with Crippen molar-refractivity contribution in [2.45, 2.75) is 43.9 Å². The molecule has 4 aliphatic heterocycles. The van der Waals surface area contributed by atoms with E-state index in [0.717, 1.165) is 6.07 Å². The molecule has 3 atom stereocenters. The minimum absolute atomic E-state index is 0.0105. The molecule has 3 saturated heterocycles. The molecule has 48 heavy (non-hydrogen) atoms. The number of halogens is 5. The molecule has 0 aliphatic carbocycles. The Labute approximate surface area is 282 Å². The van der Waals surface area contributed by atoms with Crippen molar-refractivity contribution in [3.05, 3.63) is 62.5 Å². The summed E-state index contributed by atoms with van der Waals surface area (Å²) in [7, 11) is 1.23. The van der Waals surface area contributed by atoms with Gasteiger partial charge in [-0.25, -0.2) is 14.2 Å². The number of benzene rings is 1. The van der Waals surface area contributed by atoms with Gasteiger partial charge < -0.3 is 24.8 Å². The normalized spacial score (nSPS) is 24.9. The number of carbonyl (C=O) groups excluding carboxylic acids is 3. The summed E-state index contributed by atoms with van der Waals surface area (Å²) in [5.41, 5.74) is -0.578. The van der Waals surface area contributed by atoms with E-state index in [9.17, 15) is 31.9 Å². The summed E-state index contributed by atoms with van der Waals surface area (Å²) in [6.45, 7) is 2.67. The fourth-order valence-corrected chi connectivity index (χ4v) is 7.52. The van der Waals surface area contributed by atoms with Crippen molar-refractivity contribution in [2.24, 2.45) is 16.8 Å². The fraction of sp³-hybridized carbons (Fsp3) is 0.516. The quantitative estimate of drug-likeness (QED) is 0.290. The van der Waals surface area contributed by atoms with Gasteiger partial charge in [0.15, 0.2) is 10.8 Å². The van der Waals surface area contributed by atoms with E-state index in [2.05, 4.69) is 15.6 Å². The van der Waals surface area contributed by atoms with Crippen LogP contribution in [0.3, 0.4) is 0 Å². The molecule has 3 fully saturated rings. The fourth-order valence-electron chi connectivity index (χ4n) is 6.66. The number of hydrogen-bond acceptors (Lipinski definition) is 11. The number of methoxy groups -OCH3 is 1. The number of amidine groups is 1. The van der Waals surface area contributed by atoms with Crippen LogP contribution in [0.4, 0.5) is 17.6 Å². The Morgan fingerprint density at radius 3 is 2.50 bits per heavy atom. The first-order valence-corrected chi connectivity index (χ1v) is 16.4. The molecule has 0 radical (unpaired) electrons. The zero-order chi connectivity index (χ0) is 34.6. The van der Waals surface area contributed by atoms with Crippen LogP contribution in [0.2, 0.25) is 5.02 Å². The first kappa shape index (κ1) is 35.7. The van der Waals surface area contributed by atoms with Crippen LogP contribution in [0.5, 0.6) is 0 Å². The molecule has 1 aromatic heterocycles. The Balaban J connectivity index is 1.50. The summed E-state index contributed by atoms with van der Waals surface area (Å²) in [5, 5.41) is 7.75. The number of alkyl halides is 3. The minimum Gasteiger partial charge on any atom is -0.466 e.